The number of amides is 2. The first kappa shape index (κ1) is 20.3. The summed E-state index contributed by atoms with van der Waals surface area (Å²) in [5.41, 5.74) is 2.57. The molecule has 4 aromatic rings. The standard InChI is InChI=1S/C25H24N4O2/c1-25(2,3)22-15-23(29(28-22)19-11-6-8-17(14-19)16-30)27-24(31)26-21-13-7-10-18-9-4-5-12-20(18)21/h4-16H,1-3H3,(H2,26,27,31). The molecule has 0 aliphatic heterocycles. The summed E-state index contributed by atoms with van der Waals surface area (Å²) >= 11 is 0. The van der Waals surface area contributed by atoms with E-state index in [9.17, 15) is 9.59 Å². The third-order valence-electron chi connectivity index (χ3n) is 5.01. The minimum Gasteiger partial charge on any atom is -0.307 e. The molecule has 3 aromatic carbocycles. The summed E-state index contributed by atoms with van der Waals surface area (Å²) in [6.07, 6.45) is 0.790. The summed E-state index contributed by atoms with van der Waals surface area (Å²) in [6.45, 7) is 6.17. The first-order chi connectivity index (χ1) is 14.8. The van der Waals surface area contributed by atoms with Crippen LogP contribution in [0, 0.1) is 0 Å². The van der Waals surface area contributed by atoms with Gasteiger partial charge in [-0.15, -0.1) is 0 Å². The smallest absolute Gasteiger partial charge is 0.307 e. The van der Waals surface area contributed by atoms with Crippen LogP contribution in [0.1, 0.15) is 36.8 Å². The first-order valence-corrected chi connectivity index (χ1v) is 10.1. The molecule has 0 radical (unpaired) electrons. The van der Waals surface area contributed by atoms with Crippen LogP contribution >= 0.6 is 0 Å². The molecule has 0 unspecified atom stereocenters. The van der Waals surface area contributed by atoms with Crippen molar-refractivity contribution in [2.24, 2.45) is 0 Å². The van der Waals surface area contributed by atoms with Gasteiger partial charge >= 0.3 is 6.03 Å². The lowest BCUT2D eigenvalue weighted by atomic mass is 9.92. The van der Waals surface area contributed by atoms with Gasteiger partial charge < -0.3 is 5.32 Å². The largest absolute Gasteiger partial charge is 0.324 e. The number of aldehydes is 1. The van der Waals surface area contributed by atoms with E-state index in [1.807, 2.05) is 54.6 Å². The maximum Gasteiger partial charge on any atom is 0.324 e. The Morgan fingerprint density at radius 2 is 1.68 bits per heavy atom. The Hall–Kier alpha value is -3.93. The molecule has 0 aliphatic carbocycles. The van der Waals surface area contributed by atoms with Crippen LogP contribution in [0.4, 0.5) is 16.3 Å². The number of carbonyl (C=O) groups excluding carboxylic acids is 2. The van der Waals surface area contributed by atoms with Crippen LogP contribution in [-0.4, -0.2) is 22.1 Å². The summed E-state index contributed by atoms with van der Waals surface area (Å²) in [5.74, 6) is 0.519. The Morgan fingerprint density at radius 1 is 0.935 bits per heavy atom. The van der Waals surface area contributed by atoms with Crippen molar-refractivity contribution in [3.05, 3.63) is 84.1 Å². The van der Waals surface area contributed by atoms with E-state index in [2.05, 4.69) is 31.4 Å². The van der Waals surface area contributed by atoms with Crippen molar-refractivity contribution in [2.45, 2.75) is 26.2 Å². The maximum absolute atomic E-state index is 12.9. The van der Waals surface area contributed by atoms with Gasteiger partial charge in [-0.2, -0.15) is 5.10 Å². The van der Waals surface area contributed by atoms with Crippen LogP contribution in [0.3, 0.4) is 0 Å². The normalized spacial score (nSPS) is 11.3. The quantitative estimate of drug-likeness (QED) is 0.417. The lowest BCUT2D eigenvalue weighted by Crippen LogP contribution is -2.21. The zero-order valence-corrected chi connectivity index (χ0v) is 17.7. The van der Waals surface area contributed by atoms with Gasteiger partial charge in [-0.3, -0.25) is 10.1 Å². The van der Waals surface area contributed by atoms with Gasteiger partial charge in [0.2, 0.25) is 0 Å². The summed E-state index contributed by atoms with van der Waals surface area (Å²) in [5, 5.41) is 12.6. The fourth-order valence-corrected chi connectivity index (χ4v) is 3.37. The van der Waals surface area contributed by atoms with Gasteiger partial charge in [-0.05, 0) is 23.6 Å². The zero-order valence-electron chi connectivity index (χ0n) is 17.7. The second-order valence-electron chi connectivity index (χ2n) is 8.40. The summed E-state index contributed by atoms with van der Waals surface area (Å²) < 4.78 is 1.65. The van der Waals surface area contributed by atoms with Gasteiger partial charge in [-0.1, -0.05) is 69.3 Å². The van der Waals surface area contributed by atoms with Crippen LogP contribution in [0.15, 0.2) is 72.8 Å². The van der Waals surface area contributed by atoms with Gasteiger partial charge in [0.1, 0.15) is 12.1 Å². The number of anilines is 2. The van der Waals surface area contributed by atoms with E-state index >= 15 is 0 Å². The van der Waals surface area contributed by atoms with Crippen molar-refractivity contribution in [1.82, 2.24) is 9.78 Å². The topological polar surface area (TPSA) is 76.0 Å². The number of nitrogens with zero attached hydrogens (tertiary/aromatic N) is 2. The fourth-order valence-electron chi connectivity index (χ4n) is 3.37. The number of hydrogen-bond donors (Lipinski definition) is 2. The van der Waals surface area contributed by atoms with Crippen LogP contribution in [0.25, 0.3) is 16.5 Å². The van der Waals surface area contributed by atoms with Crippen LogP contribution in [-0.2, 0) is 5.41 Å². The number of rotatable bonds is 4. The number of fused-ring (bicyclic) bond motifs is 1. The molecule has 31 heavy (non-hydrogen) atoms. The minimum atomic E-state index is -0.371. The monoisotopic (exact) mass is 412 g/mol. The number of benzene rings is 3. The Balaban J connectivity index is 1.67. The van der Waals surface area contributed by atoms with Crippen LogP contribution in [0.5, 0.6) is 0 Å². The van der Waals surface area contributed by atoms with Crippen molar-refractivity contribution in [3.8, 4) is 5.69 Å². The molecule has 156 valence electrons. The van der Waals surface area contributed by atoms with Gasteiger partial charge in [0.25, 0.3) is 0 Å². The molecule has 6 nitrogen and oxygen atoms in total. The van der Waals surface area contributed by atoms with Crippen LogP contribution < -0.4 is 10.6 Å². The summed E-state index contributed by atoms with van der Waals surface area (Å²) in [7, 11) is 0. The Labute approximate surface area is 180 Å². The summed E-state index contributed by atoms with van der Waals surface area (Å²) in [6, 6.07) is 22.2. The molecule has 0 saturated carbocycles. The highest BCUT2D eigenvalue weighted by molar-refractivity contribution is 6.06. The number of hydrogen-bond acceptors (Lipinski definition) is 3. The molecule has 0 bridgehead atoms. The SMILES string of the molecule is CC(C)(C)c1cc(NC(=O)Nc2cccc3ccccc23)n(-c2cccc(C=O)c2)n1. The van der Waals surface area contributed by atoms with Gasteiger partial charge in [0, 0.05) is 22.4 Å². The highest BCUT2D eigenvalue weighted by atomic mass is 16.2. The van der Waals surface area contributed by atoms with Crippen molar-refractivity contribution < 1.29 is 9.59 Å². The van der Waals surface area contributed by atoms with E-state index in [4.69, 9.17) is 5.10 Å². The molecule has 0 aliphatic rings. The Kier molecular flexibility index (Phi) is 5.29. The second-order valence-corrected chi connectivity index (χ2v) is 8.40. The molecule has 4 rings (SSSR count). The average molecular weight is 412 g/mol. The molecule has 1 aromatic heterocycles. The highest BCUT2D eigenvalue weighted by Crippen LogP contribution is 2.27. The molecular weight excluding hydrogens is 388 g/mol. The van der Waals surface area contributed by atoms with Crippen LogP contribution in [0.2, 0.25) is 0 Å². The third-order valence-corrected chi connectivity index (χ3v) is 5.01. The second kappa shape index (κ2) is 8.07. The van der Waals surface area contributed by atoms with Crippen molar-refractivity contribution >= 4 is 34.6 Å². The molecule has 0 atom stereocenters. The van der Waals surface area contributed by atoms with E-state index in [1.54, 1.807) is 22.9 Å². The number of urea groups is 1. The van der Waals surface area contributed by atoms with Gasteiger partial charge in [0.15, 0.2) is 0 Å². The molecule has 6 heteroatoms. The lowest BCUT2D eigenvalue weighted by molar-refractivity contribution is 0.112. The minimum absolute atomic E-state index is 0.212. The van der Waals surface area contributed by atoms with Crippen molar-refractivity contribution in [3.63, 3.8) is 0 Å². The molecule has 2 N–H and O–H groups in total. The molecule has 2 amide bonds. The third kappa shape index (κ3) is 4.33. The van der Waals surface area contributed by atoms with Crippen molar-refractivity contribution in [2.75, 3.05) is 10.6 Å². The van der Waals surface area contributed by atoms with Crippen molar-refractivity contribution in [1.29, 1.82) is 0 Å². The summed E-state index contributed by atoms with van der Waals surface area (Å²) in [4.78, 5) is 24.1. The van der Waals surface area contributed by atoms with Gasteiger partial charge in [0.05, 0.1) is 17.1 Å². The molecule has 0 fully saturated rings. The molecule has 1 heterocycles. The molecular formula is C25H24N4O2. The molecule has 0 saturated heterocycles. The van der Waals surface area contributed by atoms with E-state index < -0.39 is 0 Å². The predicted octanol–water partition coefficient (Wildman–Crippen LogP) is 5.78. The number of nitrogens with one attached hydrogen (secondary N) is 2. The van der Waals surface area contributed by atoms with E-state index in [0.717, 1.165) is 28.4 Å². The Morgan fingerprint density at radius 3 is 2.45 bits per heavy atom. The highest BCUT2D eigenvalue weighted by Gasteiger charge is 2.21. The fraction of sp³-hybridized carbons (Fsp3) is 0.160. The Bertz CT molecular complexity index is 1260. The van der Waals surface area contributed by atoms with E-state index in [-0.39, 0.29) is 11.4 Å². The van der Waals surface area contributed by atoms with E-state index in [1.165, 1.54) is 0 Å². The van der Waals surface area contributed by atoms with Gasteiger partial charge in [-0.25, -0.2) is 9.48 Å². The predicted molar refractivity (Wildman–Crippen MR) is 124 cm³/mol. The zero-order chi connectivity index (χ0) is 22.0. The van der Waals surface area contributed by atoms with E-state index in [0.29, 0.717) is 17.1 Å². The number of carbonyl (C=O) groups is 2. The average Bonchev–Trinajstić information content (AvgIpc) is 3.18. The maximum atomic E-state index is 12.9. The number of aromatic nitrogens is 2. The lowest BCUT2D eigenvalue weighted by Gasteiger charge is -2.14. The first-order valence-electron chi connectivity index (χ1n) is 10.1. The molecule has 0 spiro atoms.